The lowest BCUT2D eigenvalue weighted by molar-refractivity contribution is 0.0475. The number of esters is 1. The molecule has 1 aliphatic rings. The quantitative estimate of drug-likeness (QED) is 0.621. The number of hydrogen-bond donors (Lipinski definition) is 0. The molecule has 0 aromatic heterocycles. The first-order chi connectivity index (χ1) is 11.5. The van der Waals surface area contributed by atoms with Gasteiger partial charge in [0, 0.05) is 25.3 Å². The first-order valence-electron chi connectivity index (χ1n) is 7.42. The van der Waals surface area contributed by atoms with Crippen molar-refractivity contribution in [3.8, 4) is 11.5 Å². The van der Waals surface area contributed by atoms with Crippen LogP contribution >= 0.6 is 0 Å². The molecule has 6 nitrogen and oxygen atoms in total. The number of rotatable bonds is 5. The molecule has 2 aromatic rings. The van der Waals surface area contributed by atoms with Crippen LogP contribution in [0.4, 0.5) is 5.69 Å². The molecule has 0 spiro atoms. The van der Waals surface area contributed by atoms with Crippen molar-refractivity contribution >= 4 is 17.4 Å². The van der Waals surface area contributed by atoms with Gasteiger partial charge in [-0.1, -0.05) is 0 Å². The third-order valence-electron chi connectivity index (χ3n) is 3.65. The largest absolute Gasteiger partial charge is 0.454 e. The number of ether oxygens (including phenoxy) is 3. The highest BCUT2D eigenvalue weighted by Gasteiger charge is 2.17. The Labute approximate surface area is 139 Å². The summed E-state index contributed by atoms with van der Waals surface area (Å²) in [4.78, 5) is 26.1. The smallest absolute Gasteiger partial charge is 0.338 e. The zero-order chi connectivity index (χ0) is 17.1. The molecule has 1 heterocycles. The van der Waals surface area contributed by atoms with Gasteiger partial charge in [-0.3, -0.25) is 4.79 Å². The lowest BCUT2D eigenvalue weighted by Gasteiger charge is -2.12. The van der Waals surface area contributed by atoms with E-state index in [4.69, 9.17) is 14.2 Å². The number of carbonyl (C=O) groups excluding carboxylic acids is 2. The predicted octanol–water partition coefficient (Wildman–Crippen LogP) is 2.52. The predicted molar refractivity (Wildman–Crippen MR) is 87.9 cm³/mol. The van der Waals surface area contributed by atoms with Gasteiger partial charge in [0.2, 0.25) is 6.79 Å². The maximum atomic E-state index is 12.1. The van der Waals surface area contributed by atoms with E-state index >= 15 is 0 Å². The minimum Gasteiger partial charge on any atom is -0.454 e. The van der Waals surface area contributed by atoms with Gasteiger partial charge in [0.05, 0.1) is 5.56 Å². The minimum atomic E-state index is -0.533. The minimum absolute atomic E-state index is 0.144. The molecule has 24 heavy (non-hydrogen) atoms. The molecule has 3 rings (SSSR count). The van der Waals surface area contributed by atoms with Gasteiger partial charge >= 0.3 is 5.97 Å². The van der Waals surface area contributed by atoms with Crippen molar-refractivity contribution in [3.05, 3.63) is 53.6 Å². The molecule has 0 aliphatic carbocycles. The molecule has 0 atom stereocenters. The fourth-order valence-electron chi connectivity index (χ4n) is 2.26. The molecule has 0 amide bonds. The fraction of sp³-hybridized carbons (Fsp3) is 0.222. The van der Waals surface area contributed by atoms with E-state index in [2.05, 4.69) is 0 Å². The van der Waals surface area contributed by atoms with Crippen molar-refractivity contribution in [3.63, 3.8) is 0 Å². The van der Waals surface area contributed by atoms with Gasteiger partial charge < -0.3 is 19.1 Å². The Kier molecular flexibility index (Phi) is 4.37. The van der Waals surface area contributed by atoms with Crippen molar-refractivity contribution in [1.82, 2.24) is 0 Å². The number of carbonyl (C=O) groups is 2. The number of anilines is 1. The zero-order valence-corrected chi connectivity index (χ0v) is 13.4. The fourth-order valence-corrected chi connectivity index (χ4v) is 2.26. The first kappa shape index (κ1) is 15.9. The normalized spacial score (nSPS) is 11.9. The molecule has 0 unspecified atom stereocenters. The molecular formula is C18H17NO5. The second-order valence-electron chi connectivity index (χ2n) is 5.51. The number of benzene rings is 2. The van der Waals surface area contributed by atoms with Gasteiger partial charge in [-0.25, -0.2) is 4.79 Å². The van der Waals surface area contributed by atoms with Crippen molar-refractivity contribution in [2.75, 3.05) is 32.4 Å². The van der Waals surface area contributed by atoms with Crippen molar-refractivity contribution in [2.45, 2.75) is 0 Å². The van der Waals surface area contributed by atoms with E-state index in [1.807, 2.05) is 31.1 Å². The highest BCUT2D eigenvalue weighted by molar-refractivity contribution is 5.99. The summed E-state index contributed by atoms with van der Waals surface area (Å²) in [7, 11) is 3.83. The third kappa shape index (κ3) is 3.32. The van der Waals surface area contributed by atoms with E-state index in [1.165, 1.54) is 0 Å². The molecule has 0 fully saturated rings. The Morgan fingerprint density at radius 3 is 2.38 bits per heavy atom. The van der Waals surface area contributed by atoms with Gasteiger partial charge in [0.15, 0.2) is 23.9 Å². The summed E-state index contributed by atoms with van der Waals surface area (Å²) >= 11 is 0. The Balaban J connectivity index is 1.60. The van der Waals surface area contributed by atoms with E-state index in [0.29, 0.717) is 22.6 Å². The van der Waals surface area contributed by atoms with E-state index in [1.54, 1.807) is 30.3 Å². The summed E-state index contributed by atoms with van der Waals surface area (Å²) in [5.41, 5.74) is 1.79. The molecule has 0 N–H and O–H groups in total. The van der Waals surface area contributed by atoms with Crippen LogP contribution in [-0.4, -0.2) is 39.2 Å². The van der Waals surface area contributed by atoms with Crippen molar-refractivity contribution in [2.24, 2.45) is 0 Å². The number of fused-ring (bicyclic) bond motifs is 1. The van der Waals surface area contributed by atoms with Gasteiger partial charge in [0.25, 0.3) is 0 Å². The van der Waals surface area contributed by atoms with Gasteiger partial charge in [0.1, 0.15) is 0 Å². The van der Waals surface area contributed by atoms with Crippen LogP contribution in [0.3, 0.4) is 0 Å². The zero-order valence-electron chi connectivity index (χ0n) is 13.4. The van der Waals surface area contributed by atoms with Crippen LogP contribution in [0.5, 0.6) is 11.5 Å². The van der Waals surface area contributed by atoms with Crippen LogP contribution in [0.15, 0.2) is 42.5 Å². The van der Waals surface area contributed by atoms with Crippen molar-refractivity contribution in [1.29, 1.82) is 0 Å². The molecule has 0 bridgehead atoms. The van der Waals surface area contributed by atoms with E-state index < -0.39 is 5.97 Å². The molecular weight excluding hydrogens is 310 g/mol. The van der Waals surface area contributed by atoms with Crippen LogP contribution in [0, 0.1) is 0 Å². The summed E-state index contributed by atoms with van der Waals surface area (Å²) in [6.07, 6.45) is 0. The van der Waals surface area contributed by atoms with E-state index in [9.17, 15) is 9.59 Å². The molecule has 6 heteroatoms. The van der Waals surface area contributed by atoms with Crippen LogP contribution in [0.25, 0.3) is 0 Å². The van der Waals surface area contributed by atoms with Crippen LogP contribution < -0.4 is 14.4 Å². The monoisotopic (exact) mass is 327 g/mol. The summed E-state index contributed by atoms with van der Waals surface area (Å²) in [6.45, 7) is -0.182. The van der Waals surface area contributed by atoms with Gasteiger partial charge in [-0.2, -0.15) is 0 Å². The molecule has 124 valence electrons. The average molecular weight is 327 g/mol. The van der Waals surface area contributed by atoms with Crippen molar-refractivity contribution < 1.29 is 23.8 Å². The lowest BCUT2D eigenvalue weighted by atomic mass is 10.1. The summed E-state index contributed by atoms with van der Waals surface area (Å²) < 4.78 is 15.5. The molecule has 1 aliphatic heterocycles. The van der Waals surface area contributed by atoms with Crippen LogP contribution in [0.1, 0.15) is 20.7 Å². The third-order valence-corrected chi connectivity index (χ3v) is 3.65. The maximum Gasteiger partial charge on any atom is 0.338 e. The van der Waals surface area contributed by atoms with Crippen LogP contribution in [0.2, 0.25) is 0 Å². The molecule has 0 radical (unpaired) electrons. The highest BCUT2D eigenvalue weighted by atomic mass is 16.7. The highest BCUT2D eigenvalue weighted by Crippen LogP contribution is 2.32. The Bertz CT molecular complexity index is 767. The topological polar surface area (TPSA) is 65.1 Å². The number of ketones is 1. The Morgan fingerprint density at radius 1 is 1.00 bits per heavy atom. The van der Waals surface area contributed by atoms with Gasteiger partial charge in [-0.05, 0) is 42.5 Å². The SMILES string of the molecule is CN(C)c1ccc(C(=O)OCC(=O)c2ccc3c(c2)OCO3)cc1. The van der Waals surface area contributed by atoms with E-state index in [-0.39, 0.29) is 19.2 Å². The van der Waals surface area contributed by atoms with Gasteiger partial charge in [-0.15, -0.1) is 0 Å². The molecule has 0 saturated heterocycles. The number of hydrogen-bond acceptors (Lipinski definition) is 6. The van der Waals surface area contributed by atoms with E-state index in [0.717, 1.165) is 5.69 Å². The second kappa shape index (κ2) is 6.62. The number of nitrogens with zero attached hydrogens (tertiary/aromatic N) is 1. The summed E-state index contributed by atoms with van der Waals surface area (Å²) in [5, 5.41) is 0. The first-order valence-corrected chi connectivity index (χ1v) is 7.42. The Hall–Kier alpha value is -3.02. The maximum absolute atomic E-state index is 12.1. The lowest BCUT2D eigenvalue weighted by Crippen LogP contribution is -2.14. The summed E-state index contributed by atoms with van der Waals surface area (Å²) in [5.74, 6) is 0.289. The molecule has 2 aromatic carbocycles. The van der Waals surface area contributed by atoms with Crippen LogP contribution in [-0.2, 0) is 4.74 Å². The average Bonchev–Trinajstić information content (AvgIpc) is 3.07. The Morgan fingerprint density at radius 2 is 1.67 bits per heavy atom. The molecule has 0 saturated carbocycles. The summed E-state index contributed by atoms with van der Waals surface area (Å²) in [6, 6.07) is 11.8. The standard InChI is InChI=1S/C18H17NO5/c1-19(2)14-6-3-12(4-7-14)18(21)22-10-15(20)13-5-8-16-17(9-13)24-11-23-16/h3-9H,10-11H2,1-2H3. The number of Topliss-reactive ketones (excluding diaryl/α,β-unsaturated/α-hetero) is 1. The second-order valence-corrected chi connectivity index (χ2v) is 5.51.